The van der Waals surface area contributed by atoms with Gasteiger partial charge in [-0.3, -0.25) is 4.98 Å². The molecule has 4 nitrogen and oxygen atoms in total. The van der Waals surface area contributed by atoms with Gasteiger partial charge >= 0.3 is 0 Å². The van der Waals surface area contributed by atoms with Crippen LogP contribution < -0.4 is 5.32 Å². The molecule has 0 radical (unpaired) electrons. The fraction of sp³-hybridized carbons (Fsp3) is 0. The molecule has 4 heteroatoms. The minimum Gasteiger partial charge on any atom is -0.338 e. The van der Waals surface area contributed by atoms with Gasteiger partial charge in [0.05, 0.1) is 5.52 Å². The molecule has 0 saturated heterocycles. The standard InChI is InChI=1S/C13H10N4/c1-2-5-10(6-3-1)17-13-12-11(15-9-16-13)7-4-8-14-12/h1-9H,(H,15,16,17). The third-order valence-corrected chi connectivity index (χ3v) is 2.43. The van der Waals surface area contributed by atoms with Gasteiger partial charge in [0.1, 0.15) is 11.8 Å². The van der Waals surface area contributed by atoms with Gasteiger partial charge in [-0.1, -0.05) is 18.2 Å². The number of pyridine rings is 1. The molecule has 2 heterocycles. The van der Waals surface area contributed by atoms with Crippen molar-refractivity contribution in [2.24, 2.45) is 0 Å². The Labute approximate surface area is 98.4 Å². The molecular formula is C13H10N4. The fourth-order valence-corrected chi connectivity index (χ4v) is 1.64. The zero-order valence-corrected chi connectivity index (χ0v) is 9.04. The Morgan fingerprint density at radius 2 is 1.71 bits per heavy atom. The predicted octanol–water partition coefficient (Wildman–Crippen LogP) is 2.77. The number of anilines is 2. The number of benzene rings is 1. The highest BCUT2D eigenvalue weighted by atomic mass is 15.0. The van der Waals surface area contributed by atoms with Gasteiger partial charge in [0.2, 0.25) is 0 Å². The molecule has 0 spiro atoms. The van der Waals surface area contributed by atoms with Crippen LogP contribution in [0.2, 0.25) is 0 Å². The average molecular weight is 222 g/mol. The van der Waals surface area contributed by atoms with Crippen LogP contribution in [-0.4, -0.2) is 15.0 Å². The van der Waals surface area contributed by atoms with E-state index in [9.17, 15) is 0 Å². The molecule has 0 aliphatic rings. The van der Waals surface area contributed by atoms with Crippen LogP contribution in [0.5, 0.6) is 0 Å². The summed E-state index contributed by atoms with van der Waals surface area (Å²) in [7, 11) is 0. The molecular weight excluding hydrogens is 212 g/mol. The monoisotopic (exact) mass is 222 g/mol. The number of fused-ring (bicyclic) bond motifs is 1. The molecule has 3 aromatic rings. The summed E-state index contributed by atoms with van der Waals surface area (Å²) in [5, 5.41) is 3.23. The minimum atomic E-state index is 0.724. The van der Waals surface area contributed by atoms with Gasteiger partial charge in [0, 0.05) is 11.9 Å². The number of hydrogen-bond donors (Lipinski definition) is 1. The van der Waals surface area contributed by atoms with Crippen molar-refractivity contribution in [1.82, 2.24) is 15.0 Å². The van der Waals surface area contributed by atoms with E-state index in [1.165, 1.54) is 6.33 Å². The first kappa shape index (κ1) is 9.72. The molecule has 17 heavy (non-hydrogen) atoms. The molecule has 0 aliphatic carbocycles. The lowest BCUT2D eigenvalue weighted by Crippen LogP contribution is -1.96. The first-order valence-corrected chi connectivity index (χ1v) is 5.31. The van der Waals surface area contributed by atoms with Gasteiger partial charge in [-0.25, -0.2) is 9.97 Å². The van der Waals surface area contributed by atoms with E-state index in [1.807, 2.05) is 42.5 Å². The summed E-state index contributed by atoms with van der Waals surface area (Å²) in [6.07, 6.45) is 3.27. The van der Waals surface area contributed by atoms with Gasteiger partial charge in [0.25, 0.3) is 0 Å². The van der Waals surface area contributed by atoms with E-state index in [0.717, 1.165) is 22.5 Å². The maximum atomic E-state index is 4.29. The van der Waals surface area contributed by atoms with Crippen LogP contribution in [0.4, 0.5) is 11.5 Å². The lowest BCUT2D eigenvalue weighted by Gasteiger charge is -2.06. The van der Waals surface area contributed by atoms with Crippen molar-refractivity contribution in [3.63, 3.8) is 0 Å². The Bertz CT molecular complexity index is 632. The molecule has 0 amide bonds. The van der Waals surface area contributed by atoms with Crippen molar-refractivity contribution in [3.05, 3.63) is 55.0 Å². The smallest absolute Gasteiger partial charge is 0.160 e. The Morgan fingerprint density at radius 1 is 0.824 bits per heavy atom. The second kappa shape index (κ2) is 4.17. The SMILES string of the molecule is c1ccc(Nc2ncnc3cccnc23)cc1. The number of nitrogens with zero attached hydrogens (tertiary/aromatic N) is 3. The molecule has 82 valence electrons. The summed E-state index contributed by atoms with van der Waals surface area (Å²) in [6.45, 7) is 0. The van der Waals surface area contributed by atoms with Crippen molar-refractivity contribution in [1.29, 1.82) is 0 Å². The van der Waals surface area contributed by atoms with Crippen LogP contribution >= 0.6 is 0 Å². The summed E-state index contributed by atoms with van der Waals surface area (Å²) in [6, 6.07) is 13.7. The summed E-state index contributed by atoms with van der Waals surface area (Å²) >= 11 is 0. The predicted molar refractivity (Wildman–Crippen MR) is 67.1 cm³/mol. The van der Waals surface area contributed by atoms with Gasteiger partial charge in [0.15, 0.2) is 5.82 Å². The first-order valence-electron chi connectivity index (χ1n) is 5.31. The number of aromatic nitrogens is 3. The van der Waals surface area contributed by atoms with E-state index in [0.29, 0.717) is 0 Å². The summed E-state index contributed by atoms with van der Waals surface area (Å²) in [5.74, 6) is 0.724. The maximum absolute atomic E-state index is 4.29. The third kappa shape index (κ3) is 1.92. The second-order valence-electron chi connectivity index (χ2n) is 3.58. The molecule has 3 rings (SSSR count). The molecule has 1 N–H and O–H groups in total. The van der Waals surface area contributed by atoms with E-state index >= 15 is 0 Å². The van der Waals surface area contributed by atoms with Crippen molar-refractivity contribution in [2.45, 2.75) is 0 Å². The Hall–Kier alpha value is -2.49. The highest BCUT2D eigenvalue weighted by molar-refractivity contribution is 5.86. The van der Waals surface area contributed by atoms with E-state index in [4.69, 9.17) is 0 Å². The zero-order valence-electron chi connectivity index (χ0n) is 9.04. The third-order valence-electron chi connectivity index (χ3n) is 2.43. The molecule has 0 aliphatic heterocycles. The van der Waals surface area contributed by atoms with Crippen molar-refractivity contribution in [3.8, 4) is 0 Å². The zero-order chi connectivity index (χ0) is 11.5. The van der Waals surface area contributed by atoms with Gasteiger partial charge < -0.3 is 5.32 Å². The van der Waals surface area contributed by atoms with Crippen LogP contribution in [0.15, 0.2) is 55.0 Å². The summed E-state index contributed by atoms with van der Waals surface area (Å²) < 4.78 is 0. The van der Waals surface area contributed by atoms with Gasteiger partial charge in [-0.05, 0) is 24.3 Å². The van der Waals surface area contributed by atoms with Gasteiger partial charge in [-0.2, -0.15) is 0 Å². The normalized spacial score (nSPS) is 10.4. The van der Waals surface area contributed by atoms with Crippen molar-refractivity contribution >= 4 is 22.5 Å². The van der Waals surface area contributed by atoms with E-state index in [2.05, 4.69) is 20.3 Å². The maximum Gasteiger partial charge on any atom is 0.160 e. The van der Waals surface area contributed by atoms with Crippen LogP contribution in [0.3, 0.4) is 0 Å². The molecule has 2 aromatic heterocycles. The van der Waals surface area contributed by atoms with E-state index < -0.39 is 0 Å². The molecule has 1 aromatic carbocycles. The minimum absolute atomic E-state index is 0.724. The molecule has 0 unspecified atom stereocenters. The number of hydrogen-bond acceptors (Lipinski definition) is 4. The molecule has 0 saturated carbocycles. The Kier molecular flexibility index (Phi) is 2.38. The molecule has 0 fully saturated rings. The van der Waals surface area contributed by atoms with E-state index in [1.54, 1.807) is 6.20 Å². The Balaban J connectivity index is 2.06. The largest absolute Gasteiger partial charge is 0.338 e. The van der Waals surface area contributed by atoms with E-state index in [-0.39, 0.29) is 0 Å². The van der Waals surface area contributed by atoms with Crippen LogP contribution in [0.25, 0.3) is 11.0 Å². The highest BCUT2D eigenvalue weighted by Crippen LogP contribution is 2.19. The second-order valence-corrected chi connectivity index (χ2v) is 3.58. The quantitative estimate of drug-likeness (QED) is 0.724. The summed E-state index contributed by atoms with van der Waals surface area (Å²) in [5.41, 5.74) is 2.60. The highest BCUT2D eigenvalue weighted by Gasteiger charge is 2.03. The average Bonchev–Trinajstić information content (AvgIpc) is 2.40. The lowest BCUT2D eigenvalue weighted by atomic mass is 10.3. The number of nitrogens with one attached hydrogen (secondary N) is 1. The fourth-order valence-electron chi connectivity index (χ4n) is 1.64. The van der Waals surface area contributed by atoms with Crippen LogP contribution in [-0.2, 0) is 0 Å². The number of para-hydroxylation sites is 1. The molecule has 0 bridgehead atoms. The first-order chi connectivity index (χ1) is 8.43. The van der Waals surface area contributed by atoms with Gasteiger partial charge in [-0.15, -0.1) is 0 Å². The topological polar surface area (TPSA) is 50.7 Å². The van der Waals surface area contributed by atoms with Crippen LogP contribution in [0, 0.1) is 0 Å². The van der Waals surface area contributed by atoms with Crippen molar-refractivity contribution < 1.29 is 0 Å². The lowest BCUT2D eigenvalue weighted by molar-refractivity contribution is 1.19. The van der Waals surface area contributed by atoms with Crippen LogP contribution in [0.1, 0.15) is 0 Å². The summed E-state index contributed by atoms with van der Waals surface area (Å²) in [4.78, 5) is 12.7. The number of rotatable bonds is 2. The molecule has 0 atom stereocenters. The Morgan fingerprint density at radius 3 is 2.59 bits per heavy atom. The van der Waals surface area contributed by atoms with Crippen molar-refractivity contribution in [2.75, 3.05) is 5.32 Å².